The molecule has 88 valence electrons. The lowest BCUT2D eigenvalue weighted by Gasteiger charge is -2.16. The van der Waals surface area contributed by atoms with E-state index < -0.39 is 0 Å². The van der Waals surface area contributed by atoms with Gasteiger partial charge >= 0.3 is 0 Å². The summed E-state index contributed by atoms with van der Waals surface area (Å²) in [6.45, 7) is 3.10. The largest absolute Gasteiger partial charge is 0.310 e. The van der Waals surface area contributed by atoms with Gasteiger partial charge in [-0.15, -0.1) is 0 Å². The minimum Gasteiger partial charge on any atom is -0.310 e. The van der Waals surface area contributed by atoms with Gasteiger partial charge in [0.25, 0.3) is 0 Å². The topological polar surface area (TPSA) is 24.9 Å². The summed E-state index contributed by atoms with van der Waals surface area (Å²) in [5.74, 6) is 0.977. The third kappa shape index (κ3) is 3.46. The Labute approximate surface area is 102 Å². The minimum atomic E-state index is 0.636. The van der Waals surface area contributed by atoms with Crippen molar-refractivity contribution in [3.8, 4) is 0 Å². The number of pyridine rings is 1. The molecule has 1 atom stereocenters. The maximum absolute atomic E-state index is 6.07. The van der Waals surface area contributed by atoms with E-state index >= 15 is 0 Å². The van der Waals surface area contributed by atoms with Crippen LogP contribution in [0, 0.1) is 5.92 Å². The van der Waals surface area contributed by atoms with Crippen molar-refractivity contribution in [1.29, 1.82) is 0 Å². The fourth-order valence-corrected chi connectivity index (χ4v) is 2.14. The van der Waals surface area contributed by atoms with Crippen molar-refractivity contribution in [2.45, 2.75) is 45.2 Å². The highest BCUT2D eigenvalue weighted by Crippen LogP contribution is 2.34. The molecule has 0 amide bonds. The van der Waals surface area contributed by atoms with Gasteiger partial charge in [0.15, 0.2) is 0 Å². The first-order valence-electron chi connectivity index (χ1n) is 6.11. The van der Waals surface area contributed by atoms with Crippen LogP contribution in [0.4, 0.5) is 0 Å². The third-order valence-electron chi connectivity index (χ3n) is 3.25. The van der Waals surface area contributed by atoms with Gasteiger partial charge in [-0.1, -0.05) is 31.4 Å². The molecule has 0 aromatic carbocycles. The molecule has 1 aromatic rings. The zero-order valence-corrected chi connectivity index (χ0v) is 10.5. The molecule has 0 spiro atoms. The van der Waals surface area contributed by atoms with E-state index in [9.17, 15) is 0 Å². The van der Waals surface area contributed by atoms with Gasteiger partial charge in [0, 0.05) is 25.0 Å². The number of nitrogens with one attached hydrogen (secondary N) is 1. The Hall–Kier alpha value is -0.600. The molecule has 1 heterocycles. The quantitative estimate of drug-likeness (QED) is 0.822. The van der Waals surface area contributed by atoms with Crippen molar-refractivity contribution in [1.82, 2.24) is 10.3 Å². The van der Waals surface area contributed by atoms with Gasteiger partial charge in [0.05, 0.1) is 5.02 Å². The van der Waals surface area contributed by atoms with Gasteiger partial charge < -0.3 is 5.32 Å². The molecule has 1 saturated carbocycles. The fourth-order valence-electron chi connectivity index (χ4n) is 1.95. The molecule has 0 aliphatic heterocycles. The van der Waals surface area contributed by atoms with E-state index in [0.29, 0.717) is 6.04 Å². The van der Waals surface area contributed by atoms with Gasteiger partial charge in [-0.25, -0.2) is 0 Å². The van der Waals surface area contributed by atoms with Crippen molar-refractivity contribution in [3.05, 3.63) is 29.0 Å². The van der Waals surface area contributed by atoms with Crippen LogP contribution in [0.3, 0.4) is 0 Å². The van der Waals surface area contributed by atoms with Crippen LogP contribution >= 0.6 is 11.6 Å². The summed E-state index contributed by atoms with van der Waals surface area (Å²) in [5.41, 5.74) is 1.14. The molecule has 1 aliphatic carbocycles. The zero-order chi connectivity index (χ0) is 11.4. The number of halogens is 1. The Kier molecular flexibility index (Phi) is 4.19. The SMILES string of the molecule is CCC(CC1CC1)NCc1ccncc1Cl. The van der Waals surface area contributed by atoms with Crippen LogP contribution in [0.25, 0.3) is 0 Å². The van der Waals surface area contributed by atoms with Crippen LogP contribution in [0.2, 0.25) is 5.02 Å². The van der Waals surface area contributed by atoms with Crippen LogP contribution in [-0.2, 0) is 6.54 Å². The second kappa shape index (κ2) is 5.65. The summed E-state index contributed by atoms with van der Waals surface area (Å²) >= 11 is 6.07. The standard InChI is InChI=1S/C13H19ClN2/c1-2-12(7-10-3-4-10)16-8-11-5-6-15-9-13(11)14/h5-6,9-10,12,16H,2-4,7-8H2,1H3. The molecule has 16 heavy (non-hydrogen) atoms. The van der Waals surface area contributed by atoms with E-state index in [1.807, 2.05) is 6.07 Å². The Morgan fingerprint density at radius 2 is 2.38 bits per heavy atom. The minimum absolute atomic E-state index is 0.636. The monoisotopic (exact) mass is 238 g/mol. The molecule has 1 fully saturated rings. The first-order chi connectivity index (χ1) is 7.79. The van der Waals surface area contributed by atoms with Crippen molar-refractivity contribution in [2.75, 3.05) is 0 Å². The van der Waals surface area contributed by atoms with Gasteiger partial charge in [0.1, 0.15) is 0 Å². The van der Waals surface area contributed by atoms with Gasteiger partial charge in [-0.2, -0.15) is 0 Å². The Morgan fingerprint density at radius 3 is 3.00 bits per heavy atom. The number of hydrogen-bond acceptors (Lipinski definition) is 2. The predicted molar refractivity (Wildman–Crippen MR) is 67.5 cm³/mol. The fraction of sp³-hybridized carbons (Fsp3) is 0.615. The highest BCUT2D eigenvalue weighted by molar-refractivity contribution is 6.31. The molecule has 1 N–H and O–H groups in total. The van der Waals surface area contributed by atoms with Gasteiger partial charge in [-0.3, -0.25) is 4.98 Å². The number of nitrogens with zero attached hydrogens (tertiary/aromatic N) is 1. The Morgan fingerprint density at radius 1 is 1.56 bits per heavy atom. The smallest absolute Gasteiger partial charge is 0.0634 e. The molecular formula is C13H19ClN2. The van der Waals surface area contributed by atoms with E-state index in [-0.39, 0.29) is 0 Å². The summed E-state index contributed by atoms with van der Waals surface area (Å²) in [6.07, 6.45) is 8.87. The van der Waals surface area contributed by atoms with E-state index in [2.05, 4.69) is 17.2 Å². The zero-order valence-electron chi connectivity index (χ0n) is 9.75. The van der Waals surface area contributed by atoms with Crippen LogP contribution in [-0.4, -0.2) is 11.0 Å². The van der Waals surface area contributed by atoms with Gasteiger partial charge in [-0.05, 0) is 30.4 Å². The lowest BCUT2D eigenvalue weighted by molar-refractivity contribution is 0.445. The Bertz CT molecular complexity index is 336. The highest BCUT2D eigenvalue weighted by Gasteiger charge is 2.24. The van der Waals surface area contributed by atoms with Crippen LogP contribution < -0.4 is 5.32 Å². The third-order valence-corrected chi connectivity index (χ3v) is 3.59. The van der Waals surface area contributed by atoms with Crippen molar-refractivity contribution >= 4 is 11.6 Å². The number of rotatable bonds is 6. The average Bonchev–Trinajstić information content (AvgIpc) is 3.10. The van der Waals surface area contributed by atoms with E-state index in [1.54, 1.807) is 12.4 Å². The van der Waals surface area contributed by atoms with E-state index in [0.717, 1.165) is 23.0 Å². The maximum atomic E-state index is 6.07. The second-order valence-electron chi connectivity index (χ2n) is 4.63. The van der Waals surface area contributed by atoms with E-state index in [1.165, 1.54) is 25.7 Å². The number of aromatic nitrogens is 1. The molecule has 0 radical (unpaired) electrons. The average molecular weight is 239 g/mol. The van der Waals surface area contributed by atoms with E-state index in [4.69, 9.17) is 11.6 Å². The lowest BCUT2D eigenvalue weighted by atomic mass is 10.1. The second-order valence-corrected chi connectivity index (χ2v) is 5.04. The molecule has 1 aromatic heterocycles. The van der Waals surface area contributed by atoms with Crippen LogP contribution in [0.1, 0.15) is 38.2 Å². The molecule has 3 heteroatoms. The summed E-state index contributed by atoms with van der Waals surface area (Å²) in [5, 5.41) is 4.35. The molecule has 2 nitrogen and oxygen atoms in total. The summed E-state index contributed by atoms with van der Waals surface area (Å²) in [4.78, 5) is 3.99. The first kappa shape index (κ1) is 11.9. The first-order valence-corrected chi connectivity index (χ1v) is 6.49. The van der Waals surface area contributed by atoms with Crippen LogP contribution in [0.15, 0.2) is 18.5 Å². The van der Waals surface area contributed by atoms with Gasteiger partial charge in [0.2, 0.25) is 0 Å². The molecule has 1 unspecified atom stereocenters. The highest BCUT2D eigenvalue weighted by atomic mass is 35.5. The molecule has 0 bridgehead atoms. The normalized spacial score (nSPS) is 17.4. The van der Waals surface area contributed by atoms with Crippen molar-refractivity contribution in [2.24, 2.45) is 5.92 Å². The molecular weight excluding hydrogens is 220 g/mol. The Balaban J connectivity index is 1.82. The molecule has 1 aliphatic rings. The summed E-state index contributed by atoms with van der Waals surface area (Å²) in [7, 11) is 0. The summed E-state index contributed by atoms with van der Waals surface area (Å²) < 4.78 is 0. The van der Waals surface area contributed by atoms with Crippen LogP contribution in [0.5, 0.6) is 0 Å². The summed E-state index contributed by atoms with van der Waals surface area (Å²) in [6, 6.07) is 2.62. The maximum Gasteiger partial charge on any atom is 0.0634 e. The van der Waals surface area contributed by atoms with Crippen molar-refractivity contribution in [3.63, 3.8) is 0 Å². The van der Waals surface area contributed by atoms with Crippen molar-refractivity contribution < 1.29 is 0 Å². The lowest BCUT2D eigenvalue weighted by Crippen LogP contribution is -2.28. The predicted octanol–water partition coefficient (Wildman–Crippen LogP) is 3.40. The molecule has 0 saturated heterocycles. The molecule has 2 rings (SSSR count). The number of hydrogen-bond donors (Lipinski definition) is 1.